The summed E-state index contributed by atoms with van der Waals surface area (Å²) in [6, 6.07) is 4.72. The first-order valence-electron chi connectivity index (χ1n) is 5.17. The Morgan fingerprint density at radius 2 is 2.06 bits per heavy atom. The molecule has 0 aliphatic carbocycles. The minimum absolute atomic E-state index is 0.265. The van der Waals surface area contributed by atoms with Crippen molar-refractivity contribution < 1.29 is 8.60 Å². The molecule has 2 rings (SSSR count). The van der Waals surface area contributed by atoms with Gasteiger partial charge in [-0.25, -0.2) is 4.39 Å². The van der Waals surface area contributed by atoms with Crippen molar-refractivity contribution in [1.29, 1.82) is 0 Å². The SMILES string of the molecule is O=S1CCN(Cc2c(F)cccc2Cl)CC1. The summed E-state index contributed by atoms with van der Waals surface area (Å²) in [4.78, 5) is 2.09. The molecule has 1 aromatic rings. The Kier molecular flexibility index (Phi) is 3.95. The molecular formula is C11H13ClFNOS. The average Bonchev–Trinajstić information content (AvgIpc) is 2.26. The summed E-state index contributed by atoms with van der Waals surface area (Å²) in [7, 11) is -0.698. The van der Waals surface area contributed by atoms with Crippen LogP contribution in [-0.2, 0) is 17.3 Å². The summed E-state index contributed by atoms with van der Waals surface area (Å²) >= 11 is 5.95. The van der Waals surface area contributed by atoms with Crippen molar-refractivity contribution in [2.24, 2.45) is 0 Å². The predicted octanol–water partition coefficient (Wildman–Crippen LogP) is 2.04. The molecule has 0 unspecified atom stereocenters. The van der Waals surface area contributed by atoms with E-state index in [0.29, 0.717) is 28.6 Å². The molecule has 0 spiro atoms. The second-order valence-electron chi connectivity index (χ2n) is 3.82. The van der Waals surface area contributed by atoms with E-state index in [1.54, 1.807) is 12.1 Å². The highest BCUT2D eigenvalue weighted by atomic mass is 35.5. The van der Waals surface area contributed by atoms with E-state index in [9.17, 15) is 8.60 Å². The van der Waals surface area contributed by atoms with Crippen molar-refractivity contribution >= 4 is 22.4 Å². The van der Waals surface area contributed by atoms with Crippen molar-refractivity contribution in [3.63, 3.8) is 0 Å². The molecule has 0 N–H and O–H groups in total. The zero-order chi connectivity index (χ0) is 11.5. The lowest BCUT2D eigenvalue weighted by Crippen LogP contribution is -2.37. The van der Waals surface area contributed by atoms with E-state index in [1.807, 2.05) is 0 Å². The average molecular weight is 262 g/mol. The fourth-order valence-electron chi connectivity index (χ4n) is 1.74. The molecule has 0 saturated carbocycles. The lowest BCUT2D eigenvalue weighted by molar-refractivity contribution is 0.287. The minimum atomic E-state index is -0.698. The number of nitrogens with zero attached hydrogens (tertiary/aromatic N) is 1. The van der Waals surface area contributed by atoms with Gasteiger partial charge in [0.2, 0.25) is 0 Å². The van der Waals surface area contributed by atoms with Crippen LogP contribution in [0.25, 0.3) is 0 Å². The molecule has 0 atom stereocenters. The molecule has 0 bridgehead atoms. The third-order valence-corrected chi connectivity index (χ3v) is 4.34. The fraction of sp³-hybridized carbons (Fsp3) is 0.455. The van der Waals surface area contributed by atoms with E-state index in [4.69, 9.17) is 11.6 Å². The summed E-state index contributed by atoms with van der Waals surface area (Å²) in [6.07, 6.45) is 0. The summed E-state index contributed by atoms with van der Waals surface area (Å²) in [6.45, 7) is 2.00. The maximum Gasteiger partial charge on any atom is 0.129 e. The molecule has 1 aromatic carbocycles. The molecule has 2 nitrogen and oxygen atoms in total. The zero-order valence-electron chi connectivity index (χ0n) is 8.79. The van der Waals surface area contributed by atoms with Gasteiger partial charge in [-0.15, -0.1) is 0 Å². The Labute approximate surface area is 102 Å². The van der Waals surface area contributed by atoms with Gasteiger partial charge in [-0.2, -0.15) is 0 Å². The van der Waals surface area contributed by atoms with Crippen LogP contribution in [-0.4, -0.2) is 33.7 Å². The highest BCUT2D eigenvalue weighted by molar-refractivity contribution is 7.85. The quantitative estimate of drug-likeness (QED) is 0.812. The zero-order valence-corrected chi connectivity index (χ0v) is 10.4. The Morgan fingerprint density at radius 3 is 2.69 bits per heavy atom. The Morgan fingerprint density at radius 1 is 1.38 bits per heavy atom. The van der Waals surface area contributed by atoms with Gasteiger partial charge in [0.25, 0.3) is 0 Å². The first-order chi connectivity index (χ1) is 7.66. The van der Waals surface area contributed by atoms with Gasteiger partial charge in [0.05, 0.1) is 0 Å². The molecular weight excluding hydrogens is 249 g/mol. The van der Waals surface area contributed by atoms with Crippen molar-refractivity contribution in [1.82, 2.24) is 4.90 Å². The normalized spacial score (nSPS) is 18.9. The van der Waals surface area contributed by atoms with Gasteiger partial charge in [-0.3, -0.25) is 9.11 Å². The van der Waals surface area contributed by atoms with Crippen LogP contribution in [0.4, 0.5) is 4.39 Å². The highest BCUT2D eigenvalue weighted by Crippen LogP contribution is 2.21. The monoisotopic (exact) mass is 261 g/mol. The van der Waals surface area contributed by atoms with Crippen LogP contribution in [0.2, 0.25) is 5.02 Å². The molecule has 1 fully saturated rings. The van der Waals surface area contributed by atoms with Gasteiger partial charge in [-0.1, -0.05) is 17.7 Å². The first-order valence-corrected chi connectivity index (χ1v) is 7.03. The molecule has 1 aliphatic rings. The van der Waals surface area contributed by atoms with Crippen LogP contribution < -0.4 is 0 Å². The molecule has 0 aromatic heterocycles. The van der Waals surface area contributed by atoms with Crippen molar-refractivity contribution in [2.75, 3.05) is 24.6 Å². The van der Waals surface area contributed by atoms with Crippen LogP contribution in [0.15, 0.2) is 18.2 Å². The van der Waals surface area contributed by atoms with Crippen LogP contribution >= 0.6 is 11.6 Å². The molecule has 1 heterocycles. The molecule has 1 saturated heterocycles. The van der Waals surface area contributed by atoms with E-state index >= 15 is 0 Å². The van der Waals surface area contributed by atoms with Gasteiger partial charge in [-0.05, 0) is 12.1 Å². The van der Waals surface area contributed by atoms with Crippen LogP contribution in [0.3, 0.4) is 0 Å². The number of halogens is 2. The standard InChI is InChI=1S/C11H13ClFNOS/c12-10-2-1-3-11(13)9(10)8-14-4-6-16(15)7-5-14/h1-3H,4-8H2. The topological polar surface area (TPSA) is 20.3 Å². The van der Waals surface area contributed by atoms with Crippen molar-refractivity contribution in [2.45, 2.75) is 6.54 Å². The largest absolute Gasteiger partial charge is 0.297 e. The lowest BCUT2D eigenvalue weighted by atomic mass is 10.2. The predicted molar refractivity (Wildman–Crippen MR) is 64.6 cm³/mol. The van der Waals surface area contributed by atoms with Crippen LogP contribution in [0.1, 0.15) is 5.56 Å². The Balaban J connectivity index is 2.06. The van der Waals surface area contributed by atoms with E-state index in [2.05, 4.69) is 4.90 Å². The highest BCUT2D eigenvalue weighted by Gasteiger charge is 2.17. The van der Waals surface area contributed by atoms with E-state index in [0.717, 1.165) is 13.1 Å². The van der Waals surface area contributed by atoms with E-state index < -0.39 is 10.8 Å². The molecule has 5 heteroatoms. The number of rotatable bonds is 2. The summed E-state index contributed by atoms with van der Waals surface area (Å²) in [5.74, 6) is 1.08. The smallest absolute Gasteiger partial charge is 0.129 e. The first kappa shape index (κ1) is 12.0. The molecule has 1 aliphatic heterocycles. The summed E-state index contributed by atoms with van der Waals surface area (Å²) in [5, 5.41) is 0.465. The van der Waals surface area contributed by atoms with E-state index in [1.165, 1.54) is 6.07 Å². The lowest BCUT2D eigenvalue weighted by Gasteiger charge is -2.26. The number of hydrogen-bond donors (Lipinski definition) is 0. The second kappa shape index (κ2) is 5.25. The fourth-order valence-corrected chi connectivity index (χ4v) is 3.09. The molecule has 0 radical (unpaired) electrons. The second-order valence-corrected chi connectivity index (χ2v) is 5.93. The van der Waals surface area contributed by atoms with Crippen molar-refractivity contribution in [3.05, 3.63) is 34.6 Å². The van der Waals surface area contributed by atoms with Gasteiger partial charge in [0, 0.05) is 52.5 Å². The maximum atomic E-state index is 13.5. The number of benzene rings is 1. The van der Waals surface area contributed by atoms with Crippen LogP contribution in [0, 0.1) is 5.82 Å². The Bertz CT molecular complexity index is 383. The third kappa shape index (κ3) is 2.81. The Hall–Kier alpha value is -0.450. The maximum absolute atomic E-state index is 13.5. The summed E-state index contributed by atoms with van der Waals surface area (Å²) < 4.78 is 24.7. The van der Waals surface area contributed by atoms with Gasteiger partial charge >= 0.3 is 0 Å². The molecule has 16 heavy (non-hydrogen) atoms. The molecule has 88 valence electrons. The van der Waals surface area contributed by atoms with E-state index in [-0.39, 0.29) is 5.82 Å². The number of hydrogen-bond acceptors (Lipinski definition) is 2. The van der Waals surface area contributed by atoms with Gasteiger partial charge < -0.3 is 0 Å². The van der Waals surface area contributed by atoms with Crippen molar-refractivity contribution in [3.8, 4) is 0 Å². The third-order valence-electron chi connectivity index (χ3n) is 2.71. The molecule has 0 amide bonds. The van der Waals surface area contributed by atoms with Crippen LogP contribution in [0.5, 0.6) is 0 Å². The van der Waals surface area contributed by atoms with Gasteiger partial charge in [0.1, 0.15) is 5.82 Å². The van der Waals surface area contributed by atoms with Gasteiger partial charge in [0.15, 0.2) is 0 Å². The minimum Gasteiger partial charge on any atom is -0.297 e. The summed E-state index contributed by atoms with van der Waals surface area (Å²) in [5.41, 5.74) is 0.539.